The van der Waals surface area contributed by atoms with E-state index in [0.29, 0.717) is 22.5 Å². The zero-order chi connectivity index (χ0) is 20.8. The molecule has 0 spiro atoms. The van der Waals surface area contributed by atoms with Crippen LogP contribution in [0.5, 0.6) is 0 Å². The third kappa shape index (κ3) is 6.36. The van der Waals surface area contributed by atoms with E-state index in [1.807, 2.05) is 61.6 Å². The molecule has 30 heavy (non-hydrogen) atoms. The van der Waals surface area contributed by atoms with Crippen LogP contribution in [0.3, 0.4) is 0 Å². The molecule has 0 radical (unpaired) electrons. The topological polar surface area (TPSA) is 93.2 Å². The Bertz CT molecular complexity index is 1070. The number of nitrogens with zero attached hydrogens (tertiary/aromatic N) is 4. The predicted octanol–water partition coefficient (Wildman–Crippen LogP) is -0.228. The molecule has 1 amide bonds. The van der Waals surface area contributed by atoms with Gasteiger partial charge in [0.25, 0.3) is 5.91 Å². The summed E-state index contributed by atoms with van der Waals surface area (Å²) in [5.41, 5.74) is 3.95. The first-order valence-corrected chi connectivity index (χ1v) is 9.06. The van der Waals surface area contributed by atoms with Crippen LogP contribution in [0, 0.1) is 31.0 Å². The average Bonchev–Trinajstić information content (AvgIpc) is 2.69. The molecule has 1 aromatic carbocycles. The first-order valence-electron chi connectivity index (χ1n) is 9.06. The minimum atomic E-state index is -0.275. The molecule has 1 aliphatic rings. The SMILES string of the molecule is Cc1cc(C(=O)Nc2cccc(C(C)N[C-]=CN=C3C=[N+](C)[CH-]3)c2)cnc1C#N.[K+]. The molecule has 3 rings (SSSR count). The Kier molecular flexibility index (Phi) is 8.96. The van der Waals surface area contributed by atoms with Gasteiger partial charge >= 0.3 is 51.4 Å². The van der Waals surface area contributed by atoms with Crippen molar-refractivity contribution in [3.05, 3.63) is 77.9 Å². The Hall–Kier alpha value is -2.28. The number of aliphatic imine (C=N–C) groups is 1. The van der Waals surface area contributed by atoms with Gasteiger partial charge in [0.2, 0.25) is 0 Å². The van der Waals surface area contributed by atoms with Crippen LogP contribution in [0.15, 0.2) is 47.7 Å². The molecule has 146 valence electrons. The van der Waals surface area contributed by atoms with Crippen LogP contribution in [0.1, 0.15) is 40.1 Å². The van der Waals surface area contributed by atoms with E-state index in [1.165, 1.54) is 6.20 Å². The van der Waals surface area contributed by atoms with Gasteiger partial charge in [0.1, 0.15) is 18.8 Å². The molecule has 1 atom stereocenters. The van der Waals surface area contributed by atoms with E-state index in [9.17, 15) is 4.79 Å². The summed E-state index contributed by atoms with van der Waals surface area (Å²) in [5.74, 6) is -0.275. The molecule has 1 unspecified atom stereocenters. The minimum absolute atomic E-state index is 0. The standard InChI is InChI=1S/C22H21N6O.K/c1-15-9-18(12-26-21(15)11-23)22(29)27-19-6-4-5-17(10-19)16(2)24-7-8-25-20-13-28(3)14-20;/h4-6,8-10,12-14,16,24H,1-3H3,(H,27,29);/q-1;+1. The van der Waals surface area contributed by atoms with E-state index in [4.69, 9.17) is 5.26 Å². The summed E-state index contributed by atoms with van der Waals surface area (Å²) in [7, 11) is 1.94. The molecule has 0 saturated carbocycles. The molecule has 0 fully saturated rings. The summed E-state index contributed by atoms with van der Waals surface area (Å²) < 4.78 is 1.93. The van der Waals surface area contributed by atoms with Crippen molar-refractivity contribution in [2.24, 2.45) is 4.99 Å². The van der Waals surface area contributed by atoms with Crippen LogP contribution >= 0.6 is 0 Å². The van der Waals surface area contributed by atoms with Crippen molar-refractivity contribution in [1.82, 2.24) is 10.3 Å². The third-order valence-electron chi connectivity index (χ3n) is 4.34. The fourth-order valence-electron chi connectivity index (χ4n) is 2.73. The van der Waals surface area contributed by atoms with Crippen molar-refractivity contribution in [1.29, 1.82) is 5.26 Å². The maximum absolute atomic E-state index is 12.5. The number of aryl methyl sites for hydroxylation is 1. The molecule has 8 heteroatoms. The Balaban J connectivity index is 0.00000320. The van der Waals surface area contributed by atoms with E-state index in [0.717, 1.165) is 11.3 Å². The molecular formula is C22H21KN6O. The van der Waals surface area contributed by atoms with Crippen molar-refractivity contribution in [2.75, 3.05) is 12.4 Å². The van der Waals surface area contributed by atoms with Gasteiger partial charge in [-0.1, -0.05) is 12.1 Å². The number of carbonyl (C=O) groups excluding carboxylic acids is 1. The van der Waals surface area contributed by atoms with E-state index >= 15 is 0 Å². The van der Waals surface area contributed by atoms with Gasteiger partial charge in [0.15, 0.2) is 0 Å². The number of amides is 1. The second-order valence-corrected chi connectivity index (χ2v) is 6.70. The first kappa shape index (κ1) is 24.0. The average molecular weight is 425 g/mol. The summed E-state index contributed by atoms with van der Waals surface area (Å²) in [5, 5.41) is 15.0. The summed E-state index contributed by atoms with van der Waals surface area (Å²) in [4.78, 5) is 20.7. The number of hydrogen-bond acceptors (Lipinski definition) is 5. The number of rotatable bonds is 6. The number of nitriles is 1. The Morgan fingerprint density at radius 2 is 2.20 bits per heavy atom. The van der Waals surface area contributed by atoms with Gasteiger partial charge in [-0.3, -0.25) is 4.79 Å². The zero-order valence-corrected chi connectivity index (χ0v) is 20.6. The maximum Gasteiger partial charge on any atom is 1.00 e. The van der Waals surface area contributed by atoms with Crippen LogP contribution < -0.4 is 62.0 Å². The quantitative estimate of drug-likeness (QED) is 0.290. The van der Waals surface area contributed by atoms with Crippen molar-refractivity contribution in [2.45, 2.75) is 19.9 Å². The number of nitrogens with one attached hydrogen (secondary N) is 2. The van der Waals surface area contributed by atoms with Gasteiger partial charge in [-0.25, -0.2) is 4.98 Å². The summed E-state index contributed by atoms with van der Waals surface area (Å²) in [6, 6.07) is 11.2. The number of anilines is 1. The molecule has 7 nitrogen and oxygen atoms in total. The largest absolute Gasteiger partial charge is 1.00 e. The van der Waals surface area contributed by atoms with Crippen LogP contribution in [0.2, 0.25) is 0 Å². The van der Waals surface area contributed by atoms with Gasteiger partial charge in [-0.2, -0.15) is 5.26 Å². The molecule has 2 aromatic rings. The number of hydrogen-bond donors (Lipinski definition) is 2. The van der Waals surface area contributed by atoms with E-state index in [2.05, 4.69) is 26.8 Å². The van der Waals surface area contributed by atoms with Crippen molar-refractivity contribution >= 4 is 23.5 Å². The molecule has 1 aliphatic heterocycles. The smallest absolute Gasteiger partial charge is 0.560 e. The fourth-order valence-corrected chi connectivity index (χ4v) is 2.73. The van der Waals surface area contributed by atoms with Gasteiger partial charge in [-0.05, 0) is 43.2 Å². The molecule has 0 aliphatic carbocycles. The predicted molar refractivity (Wildman–Crippen MR) is 111 cm³/mol. The van der Waals surface area contributed by atoms with Crippen LogP contribution in [0.4, 0.5) is 5.69 Å². The zero-order valence-electron chi connectivity index (χ0n) is 17.5. The molecule has 0 bridgehead atoms. The van der Waals surface area contributed by atoms with Crippen LogP contribution in [0.25, 0.3) is 0 Å². The molecule has 2 N–H and O–H groups in total. The van der Waals surface area contributed by atoms with Gasteiger partial charge in [0, 0.05) is 17.9 Å². The van der Waals surface area contributed by atoms with Gasteiger partial charge in [0.05, 0.1) is 24.0 Å². The van der Waals surface area contributed by atoms with Crippen molar-refractivity contribution < 1.29 is 60.8 Å². The molecule has 2 heterocycles. The molecule has 0 saturated heterocycles. The maximum atomic E-state index is 12.5. The Morgan fingerprint density at radius 3 is 2.87 bits per heavy atom. The normalized spacial score (nSPS) is 14.6. The van der Waals surface area contributed by atoms with Crippen molar-refractivity contribution in [3.63, 3.8) is 0 Å². The first-order chi connectivity index (χ1) is 14.0. The Labute approximate surface area is 219 Å². The van der Waals surface area contributed by atoms with E-state index in [-0.39, 0.29) is 63.3 Å². The summed E-state index contributed by atoms with van der Waals surface area (Å²) in [6.45, 7) is 5.67. The van der Waals surface area contributed by atoms with Gasteiger partial charge < -0.3 is 26.4 Å². The second-order valence-electron chi connectivity index (χ2n) is 6.70. The Morgan fingerprint density at radius 1 is 1.43 bits per heavy atom. The van der Waals surface area contributed by atoms with Gasteiger partial charge in [-0.15, -0.1) is 6.20 Å². The summed E-state index contributed by atoms with van der Waals surface area (Å²) >= 11 is 0. The molecule has 1 aromatic heterocycles. The van der Waals surface area contributed by atoms with Crippen molar-refractivity contribution in [3.8, 4) is 6.07 Å². The molecular weight excluding hydrogens is 403 g/mol. The van der Waals surface area contributed by atoms with E-state index in [1.54, 1.807) is 19.2 Å². The summed E-state index contributed by atoms with van der Waals surface area (Å²) in [6.07, 6.45) is 7.88. The van der Waals surface area contributed by atoms with E-state index < -0.39 is 0 Å². The van der Waals surface area contributed by atoms with Crippen LogP contribution in [-0.2, 0) is 0 Å². The third-order valence-corrected chi connectivity index (χ3v) is 4.34. The number of pyridine rings is 1. The second kappa shape index (κ2) is 11.2. The number of carbonyl (C=O) groups is 1. The monoisotopic (exact) mass is 424 g/mol. The minimum Gasteiger partial charge on any atom is -0.560 e. The number of benzene rings is 1. The number of aromatic nitrogens is 1. The fraction of sp³-hybridized carbons (Fsp3) is 0.182. The van der Waals surface area contributed by atoms with Crippen LogP contribution in [-0.4, -0.2) is 34.4 Å².